The summed E-state index contributed by atoms with van der Waals surface area (Å²) < 4.78 is 27.9. The van der Waals surface area contributed by atoms with E-state index in [1.54, 1.807) is 37.1 Å². The maximum atomic E-state index is 14.1. The van der Waals surface area contributed by atoms with Gasteiger partial charge in [0.15, 0.2) is 11.6 Å². The molecule has 0 bridgehead atoms. The zero-order chi connectivity index (χ0) is 14.7. The minimum Gasteiger partial charge on any atom is -0.392 e. The van der Waals surface area contributed by atoms with Gasteiger partial charge in [-0.3, -0.25) is 0 Å². The second-order valence-corrected chi connectivity index (χ2v) is 4.57. The Morgan fingerprint density at radius 2 is 1.95 bits per heavy atom. The number of nitrogens with zero attached hydrogens (tertiary/aromatic N) is 2. The molecule has 2 aromatic rings. The maximum absolute atomic E-state index is 14.1. The molecule has 1 atom stereocenters. The van der Waals surface area contributed by atoms with Crippen molar-refractivity contribution in [3.05, 3.63) is 59.3 Å². The molecule has 1 heterocycles. The molecular weight excluding hydrogens is 262 g/mol. The first-order valence-electron chi connectivity index (χ1n) is 6.27. The highest BCUT2D eigenvalue weighted by atomic mass is 19.1. The number of aliphatic hydroxyl groups is 1. The molecule has 1 aromatic carbocycles. The summed E-state index contributed by atoms with van der Waals surface area (Å²) in [4.78, 5) is 5.53. The second-order valence-electron chi connectivity index (χ2n) is 4.57. The summed E-state index contributed by atoms with van der Waals surface area (Å²) in [7, 11) is 1.64. The van der Waals surface area contributed by atoms with Crippen LogP contribution in [0.2, 0.25) is 0 Å². The predicted octanol–water partition coefficient (Wildman–Crippen LogP) is 3.05. The van der Waals surface area contributed by atoms with Crippen LogP contribution in [0.1, 0.15) is 24.1 Å². The number of aliphatic hydroxyl groups excluding tert-OH is 1. The van der Waals surface area contributed by atoms with E-state index in [2.05, 4.69) is 4.98 Å². The van der Waals surface area contributed by atoms with E-state index >= 15 is 0 Å². The van der Waals surface area contributed by atoms with Crippen LogP contribution in [0.5, 0.6) is 0 Å². The minimum atomic E-state index is -0.583. The van der Waals surface area contributed by atoms with Crippen LogP contribution in [0.3, 0.4) is 0 Å². The lowest BCUT2D eigenvalue weighted by molar-refractivity contribution is 0.275. The van der Waals surface area contributed by atoms with Crippen molar-refractivity contribution in [2.45, 2.75) is 19.6 Å². The third-order valence-corrected chi connectivity index (χ3v) is 3.39. The Bertz CT molecular complexity index is 604. The molecule has 0 spiro atoms. The van der Waals surface area contributed by atoms with Gasteiger partial charge in [0.2, 0.25) is 0 Å². The highest BCUT2D eigenvalue weighted by Crippen LogP contribution is 2.28. The Hall–Kier alpha value is -2.01. The van der Waals surface area contributed by atoms with E-state index in [1.165, 1.54) is 18.3 Å². The summed E-state index contributed by atoms with van der Waals surface area (Å²) >= 11 is 0. The van der Waals surface area contributed by atoms with Crippen LogP contribution in [0.25, 0.3) is 0 Å². The molecule has 1 N–H and O–H groups in total. The van der Waals surface area contributed by atoms with Crippen molar-refractivity contribution in [3.63, 3.8) is 0 Å². The van der Waals surface area contributed by atoms with Crippen molar-refractivity contribution in [1.29, 1.82) is 0 Å². The summed E-state index contributed by atoms with van der Waals surface area (Å²) in [5, 5.41) is 9.08. The number of pyridine rings is 1. The molecule has 20 heavy (non-hydrogen) atoms. The van der Waals surface area contributed by atoms with Crippen LogP contribution in [0.15, 0.2) is 36.5 Å². The van der Waals surface area contributed by atoms with Crippen molar-refractivity contribution < 1.29 is 13.9 Å². The molecule has 0 fully saturated rings. The van der Waals surface area contributed by atoms with Gasteiger partial charge >= 0.3 is 0 Å². The fraction of sp³-hybridized carbons (Fsp3) is 0.267. The van der Waals surface area contributed by atoms with Gasteiger partial charge in [-0.05, 0) is 19.1 Å². The zero-order valence-electron chi connectivity index (χ0n) is 11.3. The molecular formula is C15H16F2N2O. The van der Waals surface area contributed by atoms with Crippen LogP contribution in [-0.2, 0) is 6.61 Å². The fourth-order valence-corrected chi connectivity index (χ4v) is 2.05. The maximum Gasteiger partial charge on any atom is 0.171 e. The van der Waals surface area contributed by atoms with E-state index < -0.39 is 12.4 Å². The first kappa shape index (κ1) is 14.4. The van der Waals surface area contributed by atoms with E-state index in [1.807, 2.05) is 0 Å². The number of halogens is 2. The number of benzene rings is 1. The van der Waals surface area contributed by atoms with Gasteiger partial charge in [-0.2, -0.15) is 0 Å². The van der Waals surface area contributed by atoms with Crippen LogP contribution in [-0.4, -0.2) is 17.1 Å². The van der Waals surface area contributed by atoms with Gasteiger partial charge in [-0.1, -0.05) is 18.2 Å². The lowest BCUT2D eigenvalue weighted by atomic mass is 10.1. The second kappa shape index (κ2) is 5.96. The van der Waals surface area contributed by atoms with Gasteiger partial charge in [0.05, 0.1) is 12.6 Å². The van der Waals surface area contributed by atoms with E-state index in [9.17, 15) is 8.78 Å². The quantitative estimate of drug-likeness (QED) is 0.933. The van der Waals surface area contributed by atoms with E-state index in [0.717, 1.165) is 0 Å². The molecule has 0 saturated carbocycles. The standard InChI is InChI=1S/C15H16F2N2O/c1-10(12-5-3-4-6-13(12)16)19(2)15-14(17)11(9-20)7-8-18-15/h3-8,10,20H,9H2,1-2H3. The third-order valence-electron chi connectivity index (χ3n) is 3.39. The van der Waals surface area contributed by atoms with Crippen molar-refractivity contribution in [3.8, 4) is 0 Å². The monoisotopic (exact) mass is 278 g/mol. The molecule has 0 aliphatic rings. The van der Waals surface area contributed by atoms with Crippen molar-refractivity contribution >= 4 is 5.82 Å². The topological polar surface area (TPSA) is 36.4 Å². The average molecular weight is 278 g/mol. The number of rotatable bonds is 4. The van der Waals surface area contributed by atoms with Gasteiger partial charge in [-0.15, -0.1) is 0 Å². The summed E-state index contributed by atoms with van der Waals surface area (Å²) in [6, 6.07) is 7.40. The summed E-state index contributed by atoms with van der Waals surface area (Å²) in [6.07, 6.45) is 1.43. The molecule has 106 valence electrons. The normalized spacial score (nSPS) is 12.2. The van der Waals surface area contributed by atoms with E-state index in [4.69, 9.17) is 5.11 Å². The Morgan fingerprint density at radius 1 is 1.25 bits per heavy atom. The summed E-state index contributed by atoms with van der Waals surface area (Å²) in [5.41, 5.74) is 0.633. The van der Waals surface area contributed by atoms with Crippen molar-refractivity contribution in [2.75, 3.05) is 11.9 Å². The fourth-order valence-electron chi connectivity index (χ4n) is 2.05. The Kier molecular flexibility index (Phi) is 4.29. The number of aromatic nitrogens is 1. The molecule has 0 amide bonds. The van der Waals surface area contributed by atoms with Gasteiger partial charge in [-0.25, -0.2) is 13.8 Å². The van der Waals surface area contributed by atoms with E-state index in [0.29, 0.717) is 5.56 Å². The molecule has 0 radical (unpaired) electrons. The molecule has 5 heteroatoms. The molecule has 3 nitrogen and oxygen atoms in total. The summed E-state index contributed by atoms with van der Waals surface area (Å²) in [6.45, 7) is 1.37. The third kappa shape index (κ3) is 2.63. The summed E-state index contributed by atoms with van der Waals surface area (Å²) in [5.74, 6) is -0.835. The minimum absolute atomic E-state index is 0.0901. The van der Waals surface area contributed by atoms with Gasteiger partial charge in [0.25, 0.3) is 0 Å². The van der Waals surface area contributed by atoms with Gasteiger partial charge in [0.1, 0.15) is 5.82 Å². The molecule has 1 aromatic heterocycles. The molecule has 1 unspecified atom stereocenters. The number of anilines is 1. The first-order valence-corrected chi connectivity index (χ1v) is 6.27. The van der Waals surface area contributed by atoms with Gasteiger partial charge in [0, 0.05) is 24.4 Å². The highest BCUT2D eigenvalue weighted by Gasteiger charge is 2.20. The first-order chi connectivity index (χ1) is 9.56. The molecule has 0 aliphatic heterocycles. The lowest BCUT2D eigenvalue weighted by Crippen LogP contribution is -2.25. The van der Waals surface area contributed by atoms with Crippen LogP contribution >= 0.6 is 0 Å². The molecule has 0 aliphatic carbocycles. The average Bonchev–Trinajstić information content (AvgIpc) is 2.46. The van der Waals surface area contributed by atoms with Gasteiger partial charge < -0.3 is 10.0 Å². The molecule has 0 saturated heterocycles. The zero-order valence-corrected chi connectivity index (χ0v) is 11.3. The van der Waals surface area contributed by atoms with Crippen molar-refractivity contribution in [1.82, 2.24) is 4.98 Å². The van der Waals surface area contributed by atoms with Crippen LogP contribution in [0, 0.1) is 11.6 Å². The largest absolute Gasteiger partial charge is 0.392 e. The predicted molar refractivity (Wildman–Crippen MR) is 73.3 cm³/mol. The highest BCUT2D eigenvalue weighted by molar-refractivity contribution is 5.45. The van der Waals surface area contributed by atoms with E-state index in [-0.39, 0.29) is 23.2 Å². The SMILES string of the molecule is CC(c1ccccc1F)N(C)c1nccc(CO)c1F. The smallest absolute Gasteiger partial charge is 0.171 e. The number of hydrogen-bond acceptors (Lipinski definition) is 3. The number of hydrogen-bond donors (Lipinski definition) is 1. The van der Waals surface area contributed by atoms with Crippen LogP contribution < -0.4 is 4.90 Å². The Balaban J connectivity index is 2.36. The molecule has 2 rings (SSSR count). The lowest BCUT2D eigenvalue weighted by Gasteiger charge is -2.27. The van der Waals surface area contributed by atoms with Crippen LogP contribution in [0.4, 0.5) is 14.6 Å². The Morgan fingerprint density at radius 3 is 2.60 bits per heavy atom. The Labute approximate surface area is 116 Å². The van der Waals surface area contributed by atoms with Crippen molar-refractivity contribution in [2.24, 2.45) is 0 Å².